The SMILES string of the molecule is C=C1/C(=C\C=C2/CCC[C@]3(C)C([C@H](C)OCCC(C)(C)O)=CCC23)C[C@H](O)C[C@H]1O. The molecule has 4 heteroatoms. The van der Waals surface area contributed by atoms with Crippen LogP contribution >= 0.6 is 0 Å². The Balaban J connectivity index is 1.71. The number of aliphatic hydroxyl groups excluding tert-OH is 2. The average Bonchev–Trinajstić information content (AvgIpc) is 3.00. The zero-order chi connectivity index (χ0) is 22.1. The van der Waals surface area contributed by atoms with Gasteiger partial charge in [0.1, 0.15) is 0 Å². The molecule has 2 saturated carbocycles. The van der Waals surface area contributed by atoms with E-state index in [9.17, 15) is 15.3 Å². The van der Waals surface area contributed by atoms with E-state index in [-0.39, 0.29) is 11.5 Å². The number of fused-ring (bicyclic) bond motifs is 1. The molecule has 30 heavy (non-hydrogen) atoms. The van der Waals surface area contributed by atoms with Crippen LogP contribution in [0.5, 0.6) is 0 Å². The third-order valence-electron chi connectivity index (χ3n) is 7.40. The first-order valence-corrected chi connectivity index (χ1v) is 11.5. The normalized spacial score (nSPS) is 36.2. The Hall–Kier alpha value is -1.20. The van der Waals surface area contributed by atoms with Crippen molar-refractivity contribution in [1.29, 1.82) is 0 Å². The van der Waals surface area contributed by atoms with E-state index in [1.807, 2.05) is 13.8 Å². The van der Waals surface area contributed by atoms with Gasteiger partial charge in [-0.3, -0.25) is 0 Å². The Morgan fingerprint density at radius 1 is 1.33 bits per heavy atom. The van der Waals surface area contributed by atoms with E-state index in [2.05, 4.69) is 38.7 Å². The van der Waals surface area contributed by atoms with Crippen LogP contribution in [-0.2, 0) is 4.74 Å². The third kappa shape index (κ3) is 5.16. The quantitative estimate of drug-likeness (QED) is 0.553. The van der Waals surface area contributed by atoms with Crippen molar-refractivity contribution in [3.63, 3.8) is 0 Å². The lowest BCUT2D eigenvalue weighted by Crippen LogP contribution is -2.35. The van der Waals surface area contributed by atoms with Gasteiger partial charge in [-0.05, 0) is 87.3 Å². The van der Waals surface area contributed by atoms with Gasteiger partial charge in [0, 0.05) is 6.42 Å². The van der Waals surface area contributed by atoms with E-state index in [0.29, 0.717) is 31.8 Å². The molecule has 1 unspecified atom stereocenters. The second kappa shape index (κ2) is 9.12. The highest BCUT2D eigenvalue weighted by molar-refractivity contribution is 5.40. The minimum atomic E-state index is -0.700. The van der Waals surface area contributed by atoms with Gasteiger partial charge in [-0.2, -0.15) is 0 Å². The summed E-state index contributed by atoms with van der Waals surface area (Å²) in [4.78, 5) is 0. The van der Waals surface area contributed by atoms with Crippen molar-refractivity contribution < 1.29 is 20.1 Å². The lowest BCUT2D eigenvalue weighted by atomic mass is 9.63. The summed E-state index contributed by atoms with van der Waals surface area (Å²) in [6.45, 7) is 12.7. The summed E-state index contributed by atoms with van der Waals surface area (Å²) in [5.74, 6) is 0.477. The summed E-state index contributed by atoms with van der Waals surface area (Å²) in [5, 5.41) is 30.1. The lowest BCUT2D eigenvalue weighted by Gasteiger charge is -2.42. The minimum Gasteiger partial charge on any atom is -0.393 e. The maximum absolute atomic E-state index is 10.1. The molecule has 0 bridgehead atoms. The van der Waals surface area contributed by atoms with Crippen molar-refractivity contribution in [3.05, 3.63) is 47.1 Å². The van der Waals surface area contributed by atoms with Gasteiger partial charge in [-0.15, -0.1) is 0 Å². The second-order valence-corrected chi connectivity index (χ2v) is 10.4. The van der Waals surface area contributed by atoms with Crippen molar-refractivity contribution >= 4 is 0 Å². The molecule has 3 rings (SSSR count). The molecule has 3 aliphatic carbocycles. The number of rotatable bonds is 6. The van der Waals surface area contributed by atoms with Gasteiger partial charge in [0.15, 0.2) is 0 Å². The largest absolute Gasteiger partial charge is 0.393 e. The van der Waals surface area contributed by atoms with Gasteiger partial charge in [-0.25, -0.2) is 0 Å². The van der Waals surface area contributed by atoms with Gasteiger partial charge < -0.3 is 20.1 Å². The molecule has 0 saturated heterocycles. The van der Waals surface area contributed by atoms with Crippen LogP contribution in [-0.4, -0.2) is 45.8 Å². The van der Waals surface area contributed by atoms with Crippen molar-refractivity contribution in [1.82, 2.24) is 0 Å². The van der Waals surface area contributed by atoms with E-state index in [1.54, 1.807) is 0 Å². The zero-order valence-corrected chi connectivity index (χ0v) is 19.2. The fourth-order valence-corrected chi connectivity index (χ4v) is 5.52. The summed E-state index contributed by atoms with van der Waals surface area (Å²) in [6.07, 6.45) is 11.6. The van der Waals surface area contributed by atoms with E-state index in [1.165, 1.54) is 17.6 Å². The first-order chi connectivity index (χ1) is 14.0. The molecule has 3 aliphatic rings. The maximum Gasteiger partial charge on any atom is 0.0811 e. The Kier molecular flexibility index (Phi) is 7.13. The molecule has 0 aliphatic heterocycles. The number of hydrogen-bond donors (Lipinski definition) is 3. The predicted octanol–water partition coefficient (Wildman–Crippen LogP) is 4.61. The van der Waals surface area contributed by atoms with Crippen LogP contribution in [0.15, 0.2) is 47.1 Å². The van der Waals surface area contributed by atoms with Gasteiger partial charge in [0.05, 0.1) is 30.5 Å². The average molecular weight is 417 g/mol. The Morgan fingerprint density at radius 3 is 2.77 bits per heavy atom. The van der Waals surface area contributed by atoms with Crippen LogP contribution in [0.3, 0.4) is 0 Å². The lowest BCUT2D eigenvalue weighted by molar-refractivity contribution is 0.00738. The monoisotopic (exact) mass is 416 g/mol. The third-order valence-corrected chi connectivity index (χ3v) is 7.40. The molecule has 168 valence electrons. The molecule has 0 heterocycles. The van der Waals surface area contributed by atoms with Gasteiger partial charge in [0.25, 0.3) is 0 Å². The second-order valence-electron chi connectivity index (χ2n) is 10.4. The molecule has 0 radical (unpaired) electrons. The van der Waals surface area contributed by atoms with Gasteiger partial charge in [0.2, 0.25) is 0 Å². The highest BCUT2D eigenvalue weighted by Gasteiger charge is 2.46. The summed E-state index contributed by atoms with van der Waals surface area (Å²) < 4.78 is 6.12. The maximum atomic E-state index is 10.1. The molecule has 0 amide bonds. The van der Waals surface area contributed by atoms with Crippen molar-refractivity contribution in [2.45, 2.75) is 96.6 Å². The fraction of sp³-hybridized carbons (Fsp3) is 0.692. The smallest absolute Gasteiger partial charge is 0.0811 e. The first kappa shape index (κ1) is 23.5. The Labute approximate surface area is 182 Å². The Bertz CT molecular complexity index is 739. The van der Waals surface area contributed by atoms with Crippen LogP contribution in [0.2, 0.25) is 0 Å². The molecular weight excluding hydrogens is 376 g/mol. The van der Waals surface area contributed by atoms with Crippen molar-refractivity contribution in [3.8, 4) is 0 Å². The molecule has 4 nitrogen and oxygen atoms in total. The molecular formula is C26H40O4. The van der Waals surface area contributed by atoms with Crippen LogP contribution in [0.4, 0.5) is 0 Å². The summed E-state index contributed by atoms with van der Waals surface area (Å²) in [5.41, 5.74) is 3.97. The molecule has 0 aromatic heterocycles. The number of hydrogen-bond acceptors (Lipinski definition) is 4. The summed E-state index contributed by atoms with van der Waals surface area (Å²) in [6, 6.07) is 0. The highest BCUT2D eigenvalue weighted by Crippen LogP contribution is 2.55. The van der Waals surface area contributed by atoms with Gasteiger partial charge >= 0.3 is 0 Å². The van der Waals surface area contributed by atoms with Crippen LogP contribution in [0, 0.1) is 11.3 Å². The molecule has 5 atom stereocenters. The minimum absolute atomic E-state index is 0.0588. The molecule has 0 aromatic rings. The molecule has 0 aromatic carbocycles. The van der Waals surface area contributed by atoms with Crippen LogP contribution < -0.4 is 0 Å². The van der Waals surface area contributed by atoms with Gasteiger partial charge in [-0.1, -0.05) is 37.3 Å². The van der Waals surface area contributed by atoms with Crippen LogP contribution in [0.25, 0.3) is 0 Å². The standard InChI is InChI=1S/C26H40O4/c1-17-20(15-21(27)16-24(17)28)9-8-19-7-6-12-26(5)22(10-11-23(19)26)18(2)30-14-13-25(3,4)29/h8-10,18,21,23-24,27-29H,1,6-7,11-16H2,2-5H3/b19-8+,20-9-/t18-,21-,23?,24+,26+/m0/s1. The van der Waals surface area contributed by atoms with E-state index >= 15 is 0 Å². The van der Waals surface area contributed by atoms with E-state index in [4.69, 9.17) is 4.74 Å². The molecule has 0 spiro atoms. The van der Waals surface area contributed by atoms with E-state index in [0.717, 1.165) is 30.4 Å². The number of aliphatic hydroxyl groups is 3. The Morgan fingerprint density at radius 2 is 2.07 bits per heavy atom. The summed E-state index contributed by atoms with van der Waals surface area (Å²) >= 11 is 0. The topological polar surface area (TPSA) is 69.9 Å². The van der Waals surface area contributed by atoms with E-state index < -0.39 is 17.8 Å². The van der Waals surface area contributed by atoms with Crippen molar-refractivity contribution in [2.75, 3.05) is 6.61 Å². The predicted molar refractivity (Wildman–Crippen MR) is 121 cm³/mol. The first-order valence-electron chi connectivity index (χ1n) is 11.5. The summed E-state index contributed by atoms with van der Waals surface area (Å²) in [7, 11) is 0. The highest BCUT2D eigenvalue weighted by atomic mass is 16.5. The molecule has 3 N–H and O–H groups in total. The fourth-order valence-electron chi connectivity index (χ4n) is 5.52. The number of ether oxygens (including phenoxy) is 1. The van der Waals surface area contributed by atoms with Crippen molar-refractivity contribution in [2.24, 2.45) is 11.3 Å². The number of allylic oxidation sites excluding steroid dienone is 4. The van der Waals surface area contributed by atoms with Crippen LogP contribution in [0.1, 0.15) is 72.6 Å². The molecule has 2 fully saturated rings. The zero-order valence-electron chi connectivity index (χ0n) is 19.2.